The number of sulfonamides is 1. The molecule has 0 fully saturated rings. The molecular formula is C18H23N3O4S2. The van der Waals surface area contributed by atoms with Crippen molar-refractivity contribution >= 4 is 39.1 Å². The van der Waals surface area contributed by atoms with Gasteiger partial charge >= 0.3 is 0 Å². The van der Waals surface area contributed by atoms with Gasteiger partial charge in [0.05, 0.1) is 28.6 Å². The number of nitrogens with two attached hydrogens (primary N) is 1. The van der Waals surface area contributed by atoms with E-state index in [9.17, 15) is 13.2 Å². The second kappa shape index (κ2) is 9.12. The summed E-state index contributed by atoms with van der Waals surface area (Å²) in [6.45, 7) is 2.51. The van der Waals surface area contributed by atoms with Crippen molar-refractivity contribution in [2.45, 2.75) is 16.7 Å². The molecule has 0 spiro atoms. The first-order valence-electron chi connectivity index (χ1n) is 8.20. The van der Waals surface area contributed by atoms with Crippen molar-refractivity contribution in [1.82, 2.24) is 0 Å². The fourth-order valence-electron chi connectivity index (χ4n) is 2.32. The molecule has 0 radical (unpaired) electrons. The average Bonchev–Trinajstić information content (AvgIpc) is 2.60. The summed E-state index contributed by atoms with van der Waals surface area (Å²) in [5, 5.41) is 7.94. The van der Waals surface area contributed by atoms with Gasteiger partial charge in [-0.05, 0) is 49.4 Å². The Kier molecular flexibility index (Phi) is 7.11. The quantitative estimate of drug-likeness (QED) is 0.650. The Balaban J connectivity index is 2.07. The van der Waals surface area contributed by atoms with Crippen LogP contribution in [0.2, 0.25) is 0 Å². The van der Waals surface area contributed by atoms with Gasteiger partial charge < -0.3 is 15.0 Å². The maximum Gasteiger partial charge on any atom is 0.238 e. The predicted octanol–water partition coefficient (Wildman–Crippen LogP) is 2.53. The van der Waals surface area contributed by atoms with Crippen molar-refractivity contribution in [2.24, 2.45) is 5.14 Å². The molecule has 0 aliphatic rings. The molecule has 146 valence electrons. The summed E-state index contributed by atoms with van der Waals surface area (Å²) < 4.78 is 28.5. The number of nitrogens with zero attached hydrogens (tertiary/aromatic N) is 1. The predicted molar refractivity (Wildman–Crippen MR) is 109 cm³/mol. The molecule has 7 nitrogen and oxygen atoms in total. The van der Waals surface area contributed by atoms with Gasteiger partial charge in [0, 0.05) is 19.0 Å². The summed E-state index contributed by atoms with van der Waals surface area (Å²) in [7, 11) is -0.251. The average molecular weight is 410 g/mol. The Hall–Kier alpha value is -2.23. The van der Waals surface area contributed by atoms with E-state index >= 15 is 0 Å². The highest BCUT2D eigenvalue weighted by Gasteiger charge is 2.14. The minimum Gasteiger partial charge on any atom is -0.494 e. The van der Waals surface area contributed by atoms with Crippen LogP contribution in [0.25, 0.3) is 0 Å². The lowest BCUT2D eigenvalue weighted by Gasteiger charge is -2.18. The minimum atomic E-state index is -3.85. The molecule has 0 heterocycles. The number of primary sulfonamides is 1. The van der Waals surface area contributed by atoms with Crippen LogP contribution in [0.3, 0.4) is 0 Å². The zero-order valence-corrected chi connectivity index (χ0v) is 17.1. The van der Waals surface area contributed by atoms with E-state index in [0.717, 1.165) is 10.6 Å². The second-order valence-corrected chi connectivity index (χ2v) is 8.47. The van der Waals surface area contributed by atoms with E-state index in [1.807, 2.05) is 31.2 Å². The molecule has 0 saturated heterocycles. The van der Waals surface area contributed by atoms with Crippen LogP contribution in [-0.2, 0) is 14.8 Å². The number of rotatable bonds is 8. The van der Waals surface area contributed by atoms with E-state index in [1.54, 1.807) is 25.1 Å². The smallest absolute Gasteiger partial charge is 0.238 e. The molecule has 0 saturated carbocycles. The van der Waals surface area contributed by atoms with Gasteiger partial charge in [-0.15, -0.1) is 11.8 Å². The molecule has 1 amide bonds. The molecule has 0 bridgehead atoms. The number of ether oxygens (including phenoxy) is 1. The third-order valence-electron chi connectivity index (χ3n) is 3.56. The Bertz CT molecular complexity index is 897. The van der Waals surface area contributed by atoms with E-state index in [1.165, 1.54) is 23.9 Å². The van der Waals surface area contributed by atoms with Crippen molar-refractivity contribution < 1.29 is 17.9 Å². The number of hydrogen-bond donors (Lipinski definition) is 2. The molecular weight excluding hydrogens is 386 g/mol. The summed E-state index contributed by atoms with van der Waals surface area (Å²) >= 11 is 1.37. The maximum atomic E-state index is 12.3. The molecule has 0 aromatic heterocycles. The Labute approximate surface area is 163 Å². The number of carbonyl (C=O) groups is 1. The lowest BCUT2D eigenvalue weighted by atomic mass is 10.2. The van der Waals surface area contributed by atoms with Crippen LogP contribution in [-0.4, -0.2) is 40.8 Å². The third-order valence-corrected chi connectivity index (χ3v) is 5.48. The summed E-state index contributed by atoms with van der Waals surface area (Å²) in [4.78, 5) is 15.0. The molecule has 0 aliphatic heterocycles. The van der Waals surface area contributed by atoms with Gasteiger partial charge in [0.15, 0.2) is 0 Å². The van der Waals surface area contributed by atoms with E-state index < -0.39 is 10.0 Å². The van der Waals surface area contributed by atoms with Crippen molar-refractivity contribution in [3.63, 3.8) is 0 Å². The highest BCUT2D eigenvalue weighted by Crippen LogP contribution is 2.28. The van der Waals surface area contributed by atoms with E-state index in [4.69, 9.17) is 9.88 Å². The fourth-order valence-corrected chi connectivity index (χ4v) is 3.55. The lowest BCUT2D eigenvalue weighted by Crippen LogP contribution is -2.19. The molecule has 2 aromatic rings. The van der Waals surface area contributed by atoms with Crippen LogP contribution < -0.4 is 20.1 Å². The normalized spacial score (nSPS) is 11.1. The molecule has 0 aliphatic carbocycles. The number of amides is 1. The first-order chi connectivity index (χ1) is 12.7. The van der Waals surface area contributed by atoms with Crippen LogP contribution in [0.15, 0.2) is 52.3 Å². The Morgan fingerprint density at radius 2 is 1.85 bits per heavy atom. The van der Waals surface area contributed by atoms with Crippen LogP contribution in [0.4, 0.5) is 11.4 Å². The number of nitrogens with one attached hydrogen (secondary N) is 1. The molecule has 0 atom stereocenters. The van der Waals surface area contributed by atoms with Gasteiger partial charge in [-0.3, -0.25) is 4.79 Å². The van der Waals surface area contributed by atoms with Crippen LogP contribution in [0.1, 0.15) is 6.92 Å². The number of benzene rings is 2. The summed E-state index contributed by atoms with van der Waals surface area (Å²) in [6.07, 6.45) is 0. The molecule has 2 aromatic carbocycles. The Morgan fingerprint density at radius 1 is 1.19 bits per heavy atom. The maximum absolute atomic E-state index is 12.3. The molecule has 0 unspecified atom stereocenters. The molecule has 2 rings (SSSR count). The van der Waals surface area contributed by atoms with Crippen molar-refractivity contribution in [3.8, 4) is 5.75 Å². The van der Waals surface area contributed by atoms with Gasteiger partial charge in [0.1, 0.15) is 5.75 Å². The van der Waals surface area contributed by atoms with Crippen molar-refractivity contribution in [1.29, 1.82) is 0 Å². The minimum absolute atomic E-state index is 0.0532. The summed E-state index contributed by atoms with van der Waals surface area (Å²) in [6, 6.07) is 11.9. The van der Waals surface area contributed by atoms with Gasteiger partial charge in [-0.1, -0.05) is 0 Å². The highest BCUT2D eigenvalue weighted by atomic mass is 32.2. The van der Waals surface area contributed by atoms with E-state index in [-0.39, 0.29) is 16.6 Å². The van der Waals surface area contributed by atoms with Crippen LogP contribution >= 0.6 is 11.8 Å². The van der Waals surface area contributed by atoms with Gasteiger partial charge in [-0.2, -0.15) is 0 Å². The van der Waals surface area contributed by atoms with E-state index in [0.29, 0.717) is 18.0 Å². The van der Waals surface area contributed by atoms with Gasteiger partial charge in [0.25, 0.3) is 0 Å². The summed E-state index contributed by atoms with van der Waals surface area (Å²) in [5.74, 6) is 0.714. The van der Waals surface area contributed by atoms with Crippen molar-refractivity contribution in [2.75, 3.05) is 36.7 Å². The van der Waals surface area contributed by atoms with Crippen molar-refractivity contribution in [3.05, 3.63) is 42.5 Å². The third kappa shape index (κ3) is 6.16. The molecule has 27 heavy (non-hydrogen) atoms. The second-order valence-electron chi connectivity index (χ2n) is 5.86. The van der Waals surface area contributed by atoms with Crippen LogP contribution in [0.5, 0.6) is 5.75 Å². The lowest BCUT2D eigenvalue weighted by molar-refractivity contribution is -0.113. The fraction of sp³-hybridized carbons (Fsp3) is 0.278. The number of hydrogen-bond acceptors (Lipinski definition) is 6. The summed E-state index contributed by atoms with van der Waals surface area (Å²) in [5.41, 5.74) is 1.07. The first kappa shape index (κ1) is 21.1. The number of anilines is 2. The highest BCUT2D eigenvalue weighted by molar-refractivity contribution is 8.00. The SMILES string of the molecule is CCOc1ccc(SCC(=O)Nc2cc(S(N)(=O)=O)ccc2N(C)C)cc1. The zero-order chi connectivity index (χ0) is 20.0. The first-order valence-corrected chi connectivity index (χ1v) is 10.7. The number of thioether (sulfide) groups is 1. The van der Waals surface area contributed by atoms with Gasteiger partial charge in [0.2, 0.25) is 15.9 Å². The standard InChI is InChI=1S/C18H23N3O4S2/c1-4-25-13-5-7-14(8-6-13)26-12-18(22)20-16-11-15(27(19,23)24)9-10-17(16)21(2)3/h5-11H,4,12H2,1-3H3,(H,20,22)(H2,19,23,24). The zero-order valence-electron chi connectivity index (χ0n) is 15.4. The number of carbonyl (C=O) groups excluding carboxylic acids is 1. The monoisotopic (exact) mass is 409 g/mol. The largest absolute Gasteiger partial charge is 0.494 e. The van der Waals surface area contributed by atoms with Crippen LogP contribution in [0, 0.1) is 0 Å². The molecule has 3 N–H and O–H groups in total. The topological polar surface area (TPSA) is 102 Å². The molecule has 9 heteroatoms. The Morgan fingerprint density at radius 3 is 2.41 bits per heavy atom. The van der Waals surface area contributed by atoms with Gasteiger partial charge in [-0.25, -0.2) is 13.6 Å². The van der Waals surface area contributed by atoms with E-state index in [2.05, 4.69) is 5.32 Å².